The molecule has 6 nitrogen and oxygen atoms in total. The maximum atomic E-state index is 11.4. The maximum absolute atomic E-state index is 11.4. The van der Waals surface area contributed by atoms with Crippen LogP contribution in [0.2, 0.25) is 0 Å². The molecule has 0 spiro atoms. The summed E-state index contributed by atoms with van der Waals surface area (Å²) in [6, 6.07) is 9.64. The van der Waals surface area contributed by atoms with Crippen molar-refractivity contribution < 1.29 is 14.3 Å². The molecule has 2 rings (SSSR count). The minimum absolute atomic E-state index is 0.186. The molecule has 26 heavy (non-hydrogen) atoms. The fourth-order valence-corrected chi connectivity index (χ4v) is 2.56. The lowest BCUT2D eigenvalue weighted by atomic mass is 10.1. The van der Waals surface area contributed by atoms with Gasteiger partial charge in [0, 0.05) is 29.4 Å². The summed E-state index contributed by atoms with van der Waals surface area (Å²) >= 11 is 0. The number of hydrogen-bond acceptors (Lipinski definition) is 6. The zero-order valence-electron chi connectivity index (χ0n) is 15.2. The van der Waals surface area contributed by atoms with Crippen LogP contribution in [-0.4, -0.2) is 29.2 Å². The van der Waals surface area contributed by atoms with Gasteiger partial charge in [0.1, 0.15) is 5.75 Å². The Morgan fingerprint density at radius 3 is 2.81 bits per heavy atom. The molecule has 0 aliphatic carbocycles. The van der Waals surface area contributed by atoms with Gasteiger partial charge in [-0.25, -0.2) is 9.97 Å². The summed E-state index contributed by atoms with van der Waals surface area (Å²) in [6.45, 7) is 4.66. The number of aryl methyl sites for hydroxylation is 1. The van der Waals surface area contributed by atoms with Gasteiger partial charge >= 0.3 is 5.97 Å². The number of aromatic nitrogens is 2. The van der Waals surface area contributed by atoms with Gasteiger partial charge in [-0.05, 0) is 51.0 Å². The zero-order valence-corrected chi connectivity index (χ0v) is 15.2. The normalized spacial score (nSPS) is 10.2. The van der Waals surface area contributed by atoms with Crippen LogP contribution in [0.15, 0.2) is 30.5 Å². The third-order valence-corrected chi connectivity index (χ3v) is 3.72. The van der Waals surface area contributed by atoms with Gasteiger partial charge in [0.05, 0.1) is 25.7 Å². The van der Waals surface area contributed by atoms with Crippen molar-refractivity contribution in [1.29, 1.82) is 5.26 Å². The van der Waals surface area contributed by atoms with E-state index in [1.807, 2.05) is 31.2 Å². The van der Waals surface area contributed by atoms with E-state index in [1.165, 1.54) is 0 Å². The lowest BCUT2D eigenvalue weighted by Crippen LogP contribution is -2.04. The molecular formula is C20H23N3O3. The Labute approximate surface area is 153 Å². The van der Waals surface area contributed by atoms with Gasteiger partial charge in [-0.3, -0.25) is 4.79 Å². The third kappa shape index (κ3) is 5.55. The molecule has 0 bridgehead atoms. The fourth-order valence-electron chi connectivity index (χ4n) is 2.56. The molecule has 0 N–H and O–H groups in total. The number of nitriles is 1. The second-order valence-electron chi connectivity index (χ2n) is 5.62. The standard InChI is InChI=1S/C20H23N3O3/c1-3-25-18-9-8-16(14-15(18)10-12-21)20-22-13-11-17(23-20)6-5-7-19(24)26-4-2/h8-9,11,13-14H,3-7,10H2,1-2H3. The van der Waals surface area contributed by atoms with Crippen LogP contribution >= 0.6 is 0 Å². The molecule has 0 atom stereocenters. The lowest BCUT2D eigenvalue weighted by molar-refractivity contribution is -0.143. The number of esters is 1. The van der Waals surface area contributed by atoms with E-state index in [0.29, 0.717) is 44.1 Å². The first-order valence-corrected chi connectivity index (χ1v) is 8.78. The minimum atomic E-state index is -0.186. The second kappa shape index (κ2) is 10.1. The Bertz CT molecular complexity index is 784. The molecule has 1 aromatic carbocycles. The van der Waals surface area contributed by atoms with Crippen molar-refractivity contribution in [3.63, 3.8) is 0 Å². The molecule has 1 heterocycles. The van der Waals surface area contributed by atoms with Crippen LogP contribution in [0, 0.1) is 11.3 Å². The Morgan fingerprint density at radius 2 is 2.08 bits per heavy atom. The van der Waals surface area contributed by atoms with Crippen molar-refractivity contribution in [3.05, 3.63) is 41.7 Å². The number of benzene rings is 1. The minimum Gasteiger partial charge on any atom is -0.494 e. The first-order valence-electron chi connectivity index (χ1n) is 8.78. The summed E-state index contributed by atoms with van der Waals surface area (Å²) in [5.41, 5.74) is 2.53. The molecule has 0 radical (unpaired) electrons. The average Bonchev–Trinajstić information content (AvgIpc) is 2.64. The predicted octanol–water partition coefficient (Wildman–Crippen LogP) is 3.49. The molecule has 0 aliphatic heterocycles. The first-order chi connectivity index (χ1) is 12.7. The van der Waals surface area contributed by atoms with Crippen LogP contribution in [0.3, 0.4) is 0 Å². The number of rotatable bonds is 9. The van der Waals surface area contributed by atoms with E-state index in [2.05, 4.69) is 16.0 Å². The number of carbonyl (C=O) groups is 1. The predicted molar refractivity (Wildman–Crippen MR) is 97.5 cm³/mol. The van der Waals surface area contributed by atoms with Crippen molar-refractivity contribution in [2.45, 2.75) is 39.5 Å². The largest absolute Gasteiger partial charge is 0.494 e. The van der Waals surface area contributed by atoms with E-state index in [0.717, 1.165) is 16.8 Å². The Hall–Kier alpha value is -2.94. The molecule has 136 valence electrons. The monoisotopic (exact) mass is 353 g/mol. The molecule has 0 saturated heterocycles. The summed E-state index contributed by atoms with van der Waals surface area (Å²) in [5.74, 6) is 1.12. The third-order valence-electron chi connectivity index (χ3n) is 3.72. The summed E-state index contributed by atoms with van der Waals surface area (Å²) in [6.07, 6.45) is 3.71. The van der Waals surface area contributed by atoms with Crippen LogP contribution in [0.5, 0.6) is 5.75 Å². The number of ether oxygens (including phenoxy) is 2. The molecule has 0 aliphatic rings. The van der Waals surface area contributed by atoms with Crippen LogP contribution in [-0.2, 0) is 22.4 Å². The summed E-state index contributed by atoms with van der Waals surface area (Å²) in [5, 5.41) is 9.02. The number of nitrogens with zero attached hydrogens (tertiary/aromatic N) is 3. The van der Waals surface area contributed by atoms with E-state index in [4.69, 9.17) is 14.7 Å². The molecular weight excluding hydrogens is 330 g/mol. The molecule has 0 unspecified atom stereocenters. The van der Waals surface area contributed by atoms with E-state index in [-0.39, 0.29) is 12.4 Å². The van der Waals surface area contributed by atoms with Crippen LogP contribution in [0.25, 0.3) is 11.4 Å². The number of carbonyl (C=O) groups excluding carboxylic acids is 1. The average molecular weight is 353 g/mol. The highest BCUT2D eigenvalue weighted by atomic mass is 16.5. The molecule has 0 saturated carbocycles. The molecule has 6 heteroatoms. The highest BCUT2D eigenvalue weighted by Crippen LogP contribution is 2.25. The smallest absolute Gasteiger partial charge is 0.305 e. The highest BCUT2D eigenvalue weighted by molar-refractivity contribution is 5.69. The topological polar surface area (TPSA) is 85.1 Å². The first kappa shape index (κ1) is 19.4. The maximum Gasteiger partial charge on any atom is 0.305 e. The molecule has 2 aromatic rings. The Kier molecular flexibility index (Phi) is 7.56. The van der Waals surface area contributed by atoms with E-state index < -0.39 is 0 Å². The van der Waals surface area contributed by atoms with Gasteiger partial charge in [0.15, 0.2) is 5.82 Å². The zero-order chi connectivity index (χ0) is 18.8. The summed E-state index contributed by atoms with van der Waals surface area (Å²) < 4.78 is 10.5. The van der Waals surface area contributed by atoms with Gasteiger partial charge in [-0.2, -0.15) is 5.26 Å². The Morgan fingerprint density at radius 1 is 1.23 bits per heavy atom. The number of hydrogen-bond donors (Lipinski definition) is 0. The van der Waals surface area contributed by atoms with Gasteiger partial charge in [-0.1, -0.05) is 0 Å². The lowest BCUT2D eigenvalue weighted by Gasteiger charge is -2.10. The van der Waals surface area contributed by atoms with E-state index >= 15 is 0 Å². The van der Waals surface area contributed by atoms with Gasteiger partial charge in [0.2, 0.25) is 0 Å². The van der Waals surface area contributed by atoms with E-state index in [1.54, 1.807) is 13.1 Å². The van der Waals surface area contributed by atoms with Crippen molar-refractivity contribution in [3.8, 4) is 23.2 Å². The summed E-state index contributed by atoms with van der Waals surface area (Å²) in [4.78, 5) is 20.3. The molecule has 0 fully saturated rings. The van der Waals surface area contributed by atoms with Crippen LogP contribution in [0.1, 0.15) is 37.9 Å². The fraction of sp³-hybridized carbons (Fsp3) is 0.400. The van der Waals surface area contributed by atoms with Gasteiger partial charge in [0.25, 0.3) is 0 Å². The van der Waals surface area contributed by atoms with Crippen molar-refractivity contribution >= 4 is 5.97 Å². The molecule has 0 amide bonds. The second-order valence-corrected chi connectivity index (χ2v) is 5.62. The van der Waals surface area contributed by atoms with Crippen molar-refractivity contribution in [2.24, 2.45) is 0 Å². The van der Waals surface area contributed by atoms with Crippen LogP contribution < -0.4 is 4.74 Å². The van der Waals surface area contributed by atoms with Crippen LogP contribution in [0.4, 0.5) is 0 Å². The van der Waals surface area contributed by atoms with Gasteiger partial charge in [-0.15, -0.1) is 0 Å². The van der Waals surface area contributed by atoms with Crippen molar-refractivity contribution in [1.82, 2.24) is 9.97 Å². The molecule has 1 aromatic heterocycles. The quantitative estimate of drug-likeness (QED) is 0.642. The summed E-state index contributed by atoms with van der Waals surface area (Å²) in [7, 11) is 0. The Balaban J connectivity index is 2.12. The van der Waals surface area contributed by atoms with E-state index in [9.17, 15) is 4.79 Å². The SMILES string of the molecule is CCOC(=O)CCCc1ccnc(-c2ccc(OCC)c(CC#N)c2)n1. The van der Waals surface area contributed by atoms with Crippen molar-refractivity contribution in [2.75, 3.05) is 13.2 Å². The van der Waals surface area contributed by atoms with Gasteiger partial charge < -0.3 is 9.47 Å². The highest BCUT2D eigenvalue weighted by Gasteiger charge is 2.09.